The maximum Gasteiger partial charge on any atom is 0.433 e. The molecule has 0 heterocycles. The molecule has 0 aromatic rings. The van der Waals surface area contributed by atoms with E-state index in [0.29, 0.717) is 0 Å². The third-order valence-electron chi connectivity index (χ3n) is 0.583. The molecular formula is C3H2Br2F4. The summed E-state index contributed by atoms with van der Waals surface area (Å²) in [5, 5.41) is -0.802. The first kappa shape index (κ1) is 9.68. The van der Waals surface area contributed by atoms with Gasteiger partial charge in [-0.3, -0.25) is 0 Å². The third kappa shape index (κ3) is 2.41. The van der Waals surface area contributed by atoms with Crippen molar-refractivity contribution >= 4 is 31.9 Å². The first-order chi connectivity index (χ1) is 3.81. The topological polar surface area (TPSA) is 0 Å². The van der Waals surface area contributed by atoms with E-state index in [2.05, 4.69) is 15.9 Å². The Morgan fingerprint density at radius 1 is 1.11 bits per heavy atom. The molecule has 1 atom stereocenters. The fourth-order valence-electron chi connectivity index (χ4n) is 0.0758. The molecule has 0 aromatic carbocycles. The predicted octanol–water partition coefficient (Wildman–Crippen LogP) is 3.00. The molecule has 0 radical (unpaired) electrons. The first-order valence-electron chi connectivity index (χ1n) is 1.82. The van der Waals surface area contributed by atoms with Crippen molar-refractivity contribution in [2.24, 2.45) is 0 Å². The van der Waals surface area contributed by atoms with Crippen LogP contribution in [0.2, 0.25) is 0 Å². The lowest BCUT2D eigenvalue weighted by molar-refractivity contribution is -0.184. The van der Waals surface area contributed by atoms with Crippen LogP contribution in [-0.4, -0.2) is 16.1 Å². The quantitative estimate of drug-likeness (QED) is 0.509. The van der Waals surface area contributed by atoms with Crippen LogP contribution >= 0.6 is 31.9 Å². The van der Waals surface area contributed by atoms with Gasteiger partial charge in [-0.1, -0.05) is 15.9 Å². The Kier molecular flexibility index (Phi) is 2.94. The number of alkyl halides is 6. The largest absolute Gasteiger partial charge is 0.433 e. The molecule has 0 fully saturated rings. The van der Waals surface area contributed by atoms with Crippen LogP contribution in [0.5, 0.6) is 0 Å². The highest BCUT2D eigenvalue weighted by Gasteiger charge is 2.53. The molecule has 1 unspecified atom stereocenters. The highest BCUT2D eigenvalue weighted by molar-refractivity contribution is 9.12. The Bertz CT molecular complexity index is 96.5. The molecule has 0 aliphatic heterocycles. The van der Waals surface area contributed by atoms with E-state index in [9.17, 15) is 17.6 Å². The van der Waals surface area contributed by atoms with Gasteiger partial charge >= 0.3 is 6.18 Å². The molecule has 56 valence electrons. The van der Waals surface area contributed by atoms with Crippen molar-refractivity contribution < 1.29 is 17.6 Å². The highest BCUT2D eigenvalue weighted by Crippen LogP contribution is 2.40. The van der Waals surface area contributed by atoms with Crippen molar-refractivity contribution in [2.45, 2.75) is 10.8 Å². The van der Waals surface area contributed by atoms with E-state index < -0.39 is 16.1 Å². The van der Waals surface area contributed by atoms with Crippen molar-refractivity contribution in [3.05, 3.63) is 0 Å². The lowest BCUT2D eigenvalue weighted by Crippen LogP contribution is -2.35. The number of hydrogen-bond acceptors (Lipinski definition) is 0. The van der Waals surface area contributed by atoms with Crippen LogP contribution < -0.4 is 0 Å². The highest BCUT2D eigenvalue weighted by atomic mass is 79.9. The van der Waals surface area contributed by atoms with Gasteiger partial charge in [0.05, 0.1) is 5.33 Å². The molecule has 0 rings (SSSR count). The van der Waals surface area contributed by atoms with E-state index in [1.807, 2.05) is 15.9 Å². The van der Waals surface area contributed by atoms with Crippen molar-refractivity contribution in [2.75, 3.05) is 5.33 Å². The van der Waals surface area contributed by atoms with Crippen LogP contribution in [-0.2, 0) is 0 Å². The average Bonchev–Trinajstić information content (AvgIpc) is 1.64. The van der Waals surface area contributed by atoms with Crippen LogP contribution in [0.1, 0.15) is 0 Å². The molecule has 0 nitrogen and oxygen atoms in total. The monoisotopic (exact) mass is 272 g/mol. The summed E-state index contributed by atoms with van der Waals surface area (Å²) in [5.74, 6) is 0. The Balaban J connectivity index is 4.14. The summed E-state index contributed by atoms with van der Waals surface area (Å²) in [5.41, 5.74) is 0. The summed E-state index contributed by atoms with van der Waals surface area (Å²) in [4.78, 5) is 0. The zero-order valence-corrected chi connectivity index (χ0v) is 7.15. The second-order valence-corrected chi connectivity index (χ2v) is 3.15. The van der Waals surface area contributed by atoms with Crippen LogP contribution in [0.15, 0.2) is 0 Å². The molecule has 9 heavy (non-hydrogen) atoms. The summed E-state index contributed by atoms with van der Waals surface area (Å²) < 4.78 is 42.9. The number of rotatable bonds is 1. The van der Waals surface area contributed by atoms with Gasteiger partial charge in [0, 0.05) is 0 Å². The molecule has 0 aromatic heterocycles. The Hall–Kier alpha value is 0.680. The zero-order valence-electron chi connectivity index (χ0n) is 3.97. The second kappa shape index (κ2) is 2.74. The second-order valence-electron chi connectivity index (χ2n) is 1.34. The van der Waals surface area contributed by atoms with Crippen LogP contribution in [0.3, 0.4) is 0 Å². The van der Waals surface area contributed by atoms with Gasteiger partial charge in [-0.25, -0.2) is 4.39 Å². The molecule has 0 N–H and O–H groups in total. The van der Waals surface area contributed by atoms with Gasteiger partial charge in [-0.05, 0) is 15.9 Å². The Morgan fingerprint density at radius 3 is 1.44 bits per heavy atom. The lowest BCUT2D eigenvalue weighted by Gasteiger charge is -2.17. The van der Waals surface area contributed by atoms with Gasteiger partial charge in [0.25, 0.3) is 4.58 Å². The maximum absolute atomic E-state index is 12.1. The molecule has 0 saturated carbocycles. The summed E-state index contributed by atoms with van der Waals surface area (Å²) >= 11 is 4.23. The third-order valence-corrected chi connectivity index (χ3v) is 2.84. The van der Waals surface area contributed by atoms with E-state index in [-0.39, 0.29) is 0 Å². The van der Waals surface area contributed by atoms with Gasteiger partial charge < -0.3 is 0 Å². The van der Waals surface area contributed by atoms with Gasteiger partial charge in [-0.2, -0.15) is 13.2 Å². The SMILES string of the molecule is FC(F)(F)C(F)(Br)CBr. The fourth-order valence-corrected chi connectivity index (χ4v) is 0.394. The average molecular weight is 274 g/mol. The molecule has 6 heteroatoms. The minimum Gasteiger partial charge on any atom is -0.220 e. The Morgan fingerprint density at radius 2 is 1.44 bits per heavy atom. The van der Waals surface area contributed by atoms with Crippen LogP contribution in [0.4, 0.5) is 17.6 Å². The summed E-state index contributed by atoms with van der Waals surface area (Å²) in [6.07, 6.45) is -4.85. The molecule has 0 aliphatic rings. The molecule has 0 aliphatic carbocycles. The Labute approximate surface area is 65.9 Å². The molecule has 0 amide bonds. The van der Waals surface area contributed by atoms with E-state index in [0.717, 1.165) is 0 Å². The van der Waals surface area contributed by atoms with Gasteiger partial charge in [-0.15, -0.1) is 0 Å². The fraction of sp³-hybridized carbons (Fsp3) is 1.00. The van der Waals surface area contributed by atoms with Crippen molar-refractivity contribution in [1.29, 1.82) is 0 Å². The molecule has 0 bridgehead atoms. The van der Waals surface area contributed by atoms with E-state index in [1.165, 1.54) is 0 Å². The van der Waals surface area contributed by atoms with Gasteiger partial charge in [0.15, 0.2) is 0 Å². The van der Waals surface area contributed by atoms with Crippen molar-refractivity contribution in [3.8, 4) is 0 Å². The van der Waals surface area contributed by atoms with E-state index in [4.69, 9.17) is 0 Å². The summed E-state index contributed by atoms with van der Waals surface area (Å²) in [7, 11) is 0. The van der Waals surface area contributed by atoms with Crippen LogP contribution in [0, 0.1) is 0 Å². The van der Waals surface area contributed by atoms with E-state index >= 15 is 0 Å². The van der Waals surface area contributed by atoms with Crippen molar-refractivity contribution in [1.82, 2.24) is 0 Å². The minimum absolute atomic E-state index is 0.802. The van der Waals surface area contributed by atoms with Gasteiger partial charge in [0.2, 0.25) is 0 Å². The number of halogens is 6. The minimum atomic E-state index is -4.85. The predicted molar refractivity (Wildman–Crippen MR) is 32.6 cm³/mol. The van der Waals surface area contributed by atoms with E-state index in [1.54, 1.807) is 0 Å². The normalized spacial score (nSPS) is 19.3. The maximum atomic E-state index is 12.1. The van der Waals surface area contributed by atoms with Gasteiger partial charge in [0.1, 0.15) is 0 Å². The molecular weight excluding hydrogens is 272 g/mol. The van der Waals surface area contributed by atoms with Crippen molar-refractivity contribution in [3.63, 3.8) is 0 Å². The molecule has 0 saturated heterocycles. The number of hydrogen-bond donors (Lipinski definition) is 0. The smallest absolute Gasteiger partial charge is 0.220 e. The molecule has 0 spiro atoms. The zero-order chi connectivity index (χ0) is 7.71. The summed E-state index contributed by atoms with van der Waals surface area (Å²) in [6.45, 7) is 0. The first-order valence-corrected chi connectivity index (χ1v) is 3.73. The van der Waals surface area contributed by atoms with Crippen LogP contribution in [0.25, 0.3) is 0 Å². The summed E-state index contributed by atoms with van der Waals surface area (Å²) in [6, 6.07) is 0. The standard InChI is InChI=1S/C3H2Br2F4/c4-1-2(5,6)3(7,8)9/h1H2. The lowest BCUT2D eigenvalue weighted by atomic mass is 10.4.